The lowest BCUT2D eigenvalue weighted by molar-refractivity contribution is 0.471. The minimum absolute atomic E-state index is 0.0441. The van der Waals surface area contributed by atoms with Crippen molar-refractivity contribution >= 4 is 15.7 Å². The van der Waals surface area contributed by atoms with Gasteiger partial charge in [-0.1, -0.05) is 30.3 Å². The third kappa shape index (κ3) is 3.69. The highest BCUT2D eigenvalue weighted by Gasteiger charge is 2.14. The first-order valence-electron chi connectivity index (χ1n) is 5.49. The van der Waals surface area contributed by atoms with Gasteiger partial charge in [-0.2, -0.15) is 0 Å². The molecule has 0 heterocycles. The Kier molecular flexibility index (Phi) is 3.71. The predicted molar refractivity (Wildman–Crippen MR) is 70.8 cm³/mol. The van der Waals surface area contributed by atoms with Crippen LogP contribution in [0.1, 0.15) is 5.56 Å². The normalized spacial score (nSPS) is 11.2. The van der Waals surface area contributed by atoms with Gasteiger partial charge in [0, 0.05) is 6.07 Å². The van der Waals surface area contributed by atoms with Gasteiger partial charge in [0.2, 0.25) is 10.0 Å². The summed E-state index contributed by atoms with van der Waals surface area (Å²) in [5, 5.41) is 9.45. The Morgan fingerprint density at radius 2 is 1.79 bits per heavy atom. The molecule has 0 saturated heterocycles. The quantitative estimate of drug-likeness (QED) is 0.846. The fourth-order valence-electron chi connectivity index (χ4n) is 1.59. The lowest BCUT2D eigenvalue weighted by Crippen LogP contribution is -2.15. The highest BCUT2D eigenvalue weighted by Crippen LogP contribution is 2.25. The smallest absolute Gasteiger partial charge is 0.237 e. The van der Waals surface area contributed by atoms with E-state index < -0.39 is 21.6 Å². The number of hydrogen-bond donors (Lipinski definition) is 2. The molecule has 0 amide bonds. The third-order valence-electron chi connectivity index (χ3n) is 2.42. The molecule has 0 radical (unpaired) electrons. The van der Waals surface area contributed by atoms with Crippen molar-refractivity contribution in [1.82, 2.24) is 0 Å². The molecule has 4 nitrogen and oxygen atoms in total. The molecule has 2 aromatic carbocycles. The lowest BCUT2D eigenvalue weighted by Gasteiger charge is -2.09. The van der Waals surface area contributed by atoms with Gasteiger partial charge >= 0.3 is 0 Å². The summed E-state index contributed by atoms with van der Waals surface area (Å²) >= 11 is 0. The van der Waals surface area contributed by atoms with Gasteiger partial charge in [-0.3, -0.25) is 4.72 Å². The number of phenolic OH excluding ortho intramolecular Hbond substituents is 1. The number of nitrogens with one attached hydrogen (secondary N) is 1. The molecule has 0 fully saturated rings. The summed E-state index contributed by atoms with van der Waals surface area (Å²) in [6.07, 6.45) is 0. The first-order valence-corrected chi connectivity index (χ1v) is 7.14. The summed E-state index contributed by atoms with van der Waals surface area (Å²) < 4.78 is 38.8. The first-order chi connectivity index (χ1) is 8.96. The number of rotatable bonds is 4. The van der Waals surface area contributed by atoms with Crippen molar-refractivity contribution < 1.29 is 17.9 Å². The maximum Gasteiger partial charge on any atom is 0.237 e. The molecule has 2 rings (SSSR count). The van der Waals surface area contributed by atoms with E-state index >= 15 is 0 Å². The van der Waals surface area contributed by atoms with E-state index in [1.54, 1.807) is 30.3 Å². The maximum absolute atomic E-state index is 12.8. The van der Waals surface area contributed by atoms with Gasteiger partial charge in [0.15, 0.2) is 0 Å². The van der Waals surface area contributed by atoms with E-state index in [1.165, 1.54) is 6.07 Å². The number of sulfonamides is 1. The van der Waals surface area contributed by atoms with Crippen molar-refractivity contribution in [3.05, 3.63) is 59.9 Å². The summed E-state index contributed by atoms with van der Waals surface area (Å²) in [5.74, 6) is -1.30. The molecular formula is C13H12FNO3S. The van der Waals surface area contributed by atoms with Crippen LogP contribution < -0.4 is 4.72 Å². The third-order valence-corrected chi connectivity index (χ3v) is 3.67. The number of anilines is 1. The first kappa shape index (κ1) is 13.4. The molecule has 0 aliphatic carbocycles. The zero-order valence-electron chi connectivity index (χ0n) is 9.88. The molecule has 19 heavy (non-hydrogen) atoms. The summed E-state index contributed by atoms with van der Waals surface area (Å²) in [7, 11) is -3.66. The molecule has 0 saturated carbocycles. The van der Waals surface area contributed by atoms with E-state index in [9.17, 15) is 17.9 Å². The summed E-state index contributed by atoms with van der Waals surface area (Å²) in [6, 6.07) is 11.7. The Hall–Kier alpha value is -2.08. The summed E-state index contributed by atoms with van der Waals surface area (Å²) in [4.78, 5) is 0. The van der Waals surface area contributed by atoms with Crippen molar-refractivity contribution in [2.24, 2.45) is 0 Å². The van der Waals surface area contributed by atoms with Crippen molar-refractivity contribution in [3.8, 4) is 5.75 Å². The zero-order chi connectivity index (χ0) is 13.9. The van der Waals surface area contributed by atoms with Crippen molar-refractivity contribution in [2.75, 3.05) is 4.72 Å². The number of aromatic hydroxyl groups is 1. The van der Waals surface area contributed by atoms with Gasteiger partial charge in [0.25, 0.3) is 0 Å². The number of phenols is 1. The number of benzene rings is 2. The van der Waals surface area contributed by atoms with Crippen LogP contribution in [0, 0.1) is 5.82 Å². The van der Waals surface area contributed by atoms with E-state index in [-0.39, 0.29) is 11.4 Å². The lowest BCUT2D eigenvalue weighted by atomic mass is 10.2. The van der Waals surface area contributed by atoms with Crippen molar-refractivity contribution in [3.63, 3.8) is 0 Å². The van der Waals surface area contributed by atoms with Crippen LogP contribution >= 0.6 is 0 Å². The molecule has 0 bridgehead atoms. The highest BCUT2D eigenvalue weighted by atomic mass is 32.2. The topological polar surface area (TPSA) is 66.4 Å². The van der Waals surface area contributed by atoms with Gasteiger partial charge in [0.05, 0.1) is 11.4 Å². The van der Waals surface area contributed by atoms with Crippen LogP contribution in [0.2, 0.25) is 0 Å². The Morgan fingerprint density at radius 3 is 2.42 bits per heavy atom. The summed E-state index contributed by atoms with van der Waals surface area (Å²) in [5.41, 5.74) is 0.578. The second-order valence-corrected chi connectivity index (χ2v) is 5.73. The standard InChI is InChI=1S/C13H12FNO3S/c14-11-6-7-12(13(16)8-11)15-19(17,18)9-10-4-2-1-3-5-10/h1-8,15-16H,9H2. The van der Waals surface area contributed by atoms with Crippen LogP contribution in [0.5, 0.6) is 5.75 Å². The van der Waals surface area contributed by atoms with Gasteiger partial charge in [-0.05, 0) is 17.7 Å². The Labute approximate surface area is 110 Å². The van der Waals surface area contributed by atoms with Crippen LogP contribution in [0.3, 0.4) is 0 Å². The van der Waals surface area contributed by atoms with Crippen LogP contribution in [0.15, 0.2) is 48.5 Å². The molecule has 0 aliphatic heterocycles. The minimum atomic E-state index is -3.66. The Morgan fingerprint density at radius 1 is 1.11 bits per heavy atom. The fraction of sp³-hybridized carbons (Fsp3) is 0.0769. The molecule has 6 heteroatoms. The SMILES string of the molecule is O=S(=O)(Cc1ccccc1)Nc1ccc(F)cc1O. The number of halogens is 1. The average molecular weight is 281 g/mol. The molecule has 0 aromatic heterocycles. The molecule has 2 aromatic rings. The number of hydrogen-bond acceptors (Lipinski definition) is 3. The van der Waals surface area contributed by atoms with E-state index in [1.807, 2.05) is 0 Å². The minimum Gasteiger partial charge on any atom is -0.506 e. The Balaban J connectivity index is 2.17. The second kappa shape index (κ2) is 5.27. The van der Waals surface area contributed by atoms with Crippen LogP contribution in [0.25, 0.3) is 0 Å². The molecule has 2 N–H and O–H groups in total. The largest absolute Gasteiger partial charge is 0.506 e. The van der Waals surface area contributed by atoms with Crippen LogP contribution in [-0.4, -0.2) is 13.5 Å². The molecule has 0 atom stereocenters. The van der Waals surface area contributed by atoms with Gasteiger partial charge in [-0.25, -0.2) is 12.8 Å². The second-order valence-electron chi connectivity index (χ2n) is 4.01. The van der Waals surface area contributed by atoms with Gasteiger partial charge < -0.3 is 5.11 Å². The van der Waals surface area contributed by atoms with Crippen molar-refractivity contribution in [2.45, 2.75) is 5.75 Å². The molecule has 0 aliphatic rings. The van der Waals surface area contributed by atoms with Gasteiger partial charge in [0.1, 0.15) is 11.6 Å². The van der Waals surface area contributed by atoms with Crippen molar-refractivity contribution in [1.29, 1.82) is 0 Å². The molecule has 0 unspecified atom stereocenters. The van der Waals surface area contributed by atoms with E-state index in [4.69, 9.17) is 0 Å². The van der Waals surface area contributed by atoms with E-state index in [2.05, 4.69) is 4.72 Å². The fourth-order valence-corrected chi connectivity index (χ4v) is 2.80. The molecule has 0 spiro atoms. The molecule has 100 valence electrons. The van der Waals surface area contributed by atoms with Gasteiger partial charge in [-0.15, -0.1) is 0 Å². The van der Waals surface area contributed by atoms with E-state index in [0.717, 1.165) is 12.1 Å². The Bertz CT molecular complexity index is 672. The summed E-state index contributed by atoms with van der Waals surface area (Å²) in [6.45, 7) is 0. The van der Waals surface area contributed by atoms with E-state index in [0.29, 0.717) is 5.56 Å². The van der Waals surface area contributed by atoms with Crippen LogP contribution in [0.4, 0.5) is 10.1 Å². The molecular weight excluding hydrogens is 269 g/mol. The predicted octanol–water partition coefficient (Wildman–Crippen LogP) is 2.47. The highest BCUT2D eigenvalue weighted by molar-refractivity contribution is 7.91. The zero-order valence-corrected chi connectivity index (χ0v) is 10.7. The van der Waals surface area contributed by atoms with Crippen LogP contribution in [-0.2, 0) is 15.8 Å². The monoisotopic (exact) mass is 281 g/mol. The average Bonchev–Trinajstić information content (AvgIpc) is 2.33. The maximum atomic E-state index is 12.8.